The second-order valence-electron chi connectivity index (χ2n) is 5.43. The summed E-state index contributed by atoms with van der Waals surface area (Å²) in [7, 11) is 0. The normalized spacial score (nSPS) is 14.9. The van der Waals surface area contributed by atoms with E-state index in [1.807, 2.05) is 25.1 Å². The first-order chi connectivity index (χ1) is 10.8. The molecule has 1 saturated heterocycles. The summed E-state index contributed by atoms with van der Waals surface area (Å²) in [5.74, 6) is 1.43. The Balaban J connectivity index is 1.62. The van der Waals surface area contributed by atoms with Crippen molar-refractivity contribution in [1.82, 2.24) is 19.9 Å². The zero-order chi connectivity index (χ0) is 15.2. The van der Waals surface area contributed by atoms with E-state index in [0.717, 1.165) is 31.2 Å². The fraction of sp³-hybridized carbons (Fsp3) is 0.500. The van der Waals surface area contributed by atoms with Gasteiger partial charge in [-0.2, -0.15) is 15.0 Å². The summed E-state index contributed by atoms with van der Waals surface area (Å²) >= 11 is 0. The number of ether oxygens (including phenoxy) is 1. The summed E-state index contributed by atoms with van der Waals surface area (Å²) in [6.45, 7) is 4.41. The van der Waals surface area contributed by atoms with E-state index in [2.05, 4.69) is 24.8 Å². The molecule has 1 aliphatic rings. The van der Waals surface area contributed by atoms with Gasteiger partial charge in [-0.05, 0) is 38.3 Å². The van der Waals surface area contributed by atoms with E-state index in [1.54, 1.807) is 6.20 Å². The molecule has 0 aromatic carbocycles. The Bertz CT molecular complexity index is 599. The molecule has 0 amide bonds. The minimum absolute atomic E-state index is 0.406. The van der Waals surface area contributed by atoms with Crippen molar-refractivity contribution in [3.63, 3.8) is 0 Å². The summed E-state index contributed by atoms with van der Waals surface area (Å²) in [5, 5.41) is 0. The van der Waals surface area contributed by atoms with Crippen molar-refractivity contribution >= 4 is 5.95 Å². The Kier molecular flexibility index (Phi) is 4.78. The molecule has 0 aliphatic carbocycles. The van der Waals surface area contributed by atoms with E-state index in [-0.39, 0.29) is 0 Å². The maximum Gasteiger partial charge on any atom is 0.321 e. The van der Waals surface area contributed by atoms with E-state index in [0.29, 0.717) is 18.4 Å². The third-order valence-electron chi connectivity index (χ3n) is 3.67. The third-order valence-corrected chi connectivity index (χ3v) is 3.67. The van der Waals surface area contributed by atoms with Gasteiger partial charge in [-0.1, -0.05) is 6.07 Å². The third kappa shape index (κ3) is 3.90. The van der Waals surface area contributed by atoms with Gasteiger partial charge in [-0.25, -0.2) is 0 Å². The van der Waals surface area contributed by atoms with Crippen LogP contribution in [0.3, 0.4) is 0 Å². The highest BCUT2D eigenvalue weighted by Crippen LogP contribution is 2.17. The number of rotatable bonds is 5. The lowest BCUT2D eigenvalue weighted by atomic mass is 10.1. The molecule has 0 unspecified atom stereocenters. The molecule has 0 saturated carbocycles. The number of hydrogen-bond acceptors (Lipinski definition) is 6. The van der Waals surface area contributed by atoms with Crippen LogP contribution in [0.2, 0.25) is 0 Å². The molecule has 0 atom stereocenters. The zero-order valence-electron chi connectivity index (χ0n) is 12.9. The van der Waals surface area contributed by atoms with Gasteiger partial charge in [-0.3, -0.25) is 4.98 Å². The predicted molar refractivity (Wildman–Crippen MR) is 84.1 cm³/mol. The summed E-state index contributed by atoms with van der Waals surface area (Å²) in [5.41, 5.74) is 1.00. The molecule has 0 spiro atoms. The molecule has 116 valence electrons. The highest BCUT2D eigenvalue weighted by Gasteiger charge is 2.15. The van der Waals surface area contributed by atoms with Crippen LogP contribution < -0.4 is 9.64 Å². The number of pyridine rings is 1. The van der Waals surface area contributed by atoms with Gasteiger partial charge in [0.25, 0.3) is 0 Å². The van der Waals surface area contributed by atoms with Crippen LogP contribution in [0.5, 0.6) is 6.01 Å². The highest BCUT2D eigenvalue weighted by atomic mass is 16.5. The molecule has 1 fully saturated rings. The van der Waals surface area contributed by atoms with Crippen LogP contribution in [0, 0.1) is 6.92 Å². The molecule has 22 heavy (non-hydrogen) atoms. The molecule has 0 N–H and O–H groups in total. The lowest BCUT2D eigenvalue weighted by Crippen LogP contribution is -2.31. The van der Waals surface area contributed by atoms with E-state index in [1.165, 1.54) is 19.3 Å². The predicted octanol–water partition coefficient (Wildman–Crippen LogP) is 2.19. The summed E-state index contributed by atoms with van der Waals surface area (Å²) in [4.78, 5) is 19.6. The number of hydrogen-bond donors (Lipinski definition) is 0. The van der Waals surface area contributed by atoms with E-state index in [9.17, 15) is 0 Å². The molecule has 6 nitrogen and oxygen atoms in total. The van der Waals surface area contributed by atoms with Crippen LogP contribution >= 0.6 is 0 Å². The van der Waals surface area contributed by atoms with Crippen LogP contribution in [0.25, 0.3) is 0 Å². The van der Waals surface area contributed by atoms with Gasteiger partial charge in [0, 0.05) is 31.4 Å². The van der Waals surface area contributed by atoms with Crippen molar-refractivity contribution in [3.8, 4) is 6.01 Å². The first-order valence-corrected chi connectivity index (χ1v) is 7.81. The van der Waals surface area contributed by atoms with Gasteiger partial charge < -0.3 is 9.64 Å². The van der Waals surface area contributed by atoms with E-state index < -0.39 is 0 Å². The van der Waals surface area contributed by atoms with E-state index in [4.69, 9.17) is 4.74 Å². The van der Waals surface area contributed by atoms with Crippen molar-refractivity contribution in [2.24, 2.45) is 0 Å². The zero-order valence-corrected chi connectivity index (χ0v) is 12.9. The quantitative estimate of drug-likeness (QED) is 0.843. The molecular weight excluding hydrogens is 278 g/mol. The average molecular weight is 299 g/mol. The van der Waals surface area contributed by atoms with Crippen LogP contribution in [-0.4, -0.2) is 39.6 Å². The summed E-state index contributed by atoms with van der Waals surface area (Å²) in [6.07, 6.45) is 6.21. The minimum atomic E-state index is 0.406. The van der Waals surface area contributed by atoms with Crippen LogP contribution in [0.15, 0.2) is 24.4 Å². The molecule has 0 bridgehead atoms. The first kappa shape index (κ1) is 14.7. The Morgan fingerprint density at radius 1 is 1.09 bits per heavy atom. The molecular formula is C16H21N5O. The minimum Gasteiger partial charge on any atom is -0.463 e. The summed E-state index contributed by atoms with van der Waals surface area (Å²) in [6, 6.07) is 6.28. The number of aromatic nitrogens is 4. The smallest absolute Gasteiger partial charge is 0.321 e. The van der Waals surface area contributed by atoms with Gasteiger partial charge in [0.2, 0.25) is 5.95 Å². The molecule has 6 heteroatoms. The molecule has 3 rings (SSSR count). The second kappa shape index (κ2) is 7.15. The van der Waals surface area contributed by atoms with Crippen LogP contribution in [0.4, 0.5) is 5.95 Å². The maximum absolute atomic E-state index is 5.69. The first-order valence-electron chi connectivity index (χ1n) is 7.81. The summed E-state index contributed by atoms with van der Waals surface area (Å²) < 4.78 is 5.69. The number of piperidine rings is 1. The Morgan fingerprint density at radius 3 is 2.73 bits per heavy atom. The van der Waals surface area contributed by atoms with Crippen LogP contribution in [0.1, 0.15) is 30.8 Å². The van der Waals surface area contributed by atoms with Gasteiger partial charge >= 0.3 is 6.01 Å². The largest absolute Gasteiger partial charge is 0.463 e. The van der Waals surface area contributed by atoms with E-state index >= 15 is 0 Å². The lowest BCUT2D eigenvalue weighted by Gasteiger charge is -2.26. The standard InChI is InChI=1S/C16H21N5O/c1-13-18-15(21-10-5-2-6-11-21)20-16(19-13)22-12-8-14-7-3-4-9-17-14/h3-4,7,9H,2,5-6,8,10-12H2,1H3. The van der Waals surface area contributed by atoms with Crippen molar-refractivity contribution in [1.29, 1.82) is 0 Å². The number of nitrogens with zero attached hydrogens (tertiary/aromatic N) is 5. The Morgan fingerprint density at radius 2 is 1.95 bits per heavy atom. The Hall–Kier alpha value is -2.24. The molecule has 0 radical (unpaired) electrons. The molecule has 2 aromatic rings. The fourth-order valence-corrected chi connectivity index (χ4v) is 2.54. The van der Waals surface area contributed by atoms with Crippen molar-refractivity contribution in [3.05, 3.63) is 35.9 Å². The van der Waals surface area contributed by atoms with Crippen molar-refractivity contribution in [2.75, 3.05) is 24.6 Å². The van der Waals surface area contributed by atoms with Gasteiger partial charge in [-0.15, -0.1) is 0 Å². The average Bonchev–Trinajstić information content (AvgIpc) is 2.56. The lowest BCUT2D eigenvalue weighted by molar-refractivity contribution is 0.293. The van der Waals surface area contributed by atoms with Crippen molar-refractivity contribution < 1.29 is 4.74 Å². The SMILES string of the molecule is Cc1nc(OCCc2ccccn2)nc(N2CCCCC2)n1. The monoisotopic (exact) mass is 299 g/mol. The van der Waals surface area contributed by atoms with Crippen molar-refractivity contribution in [2.45, 2.75) is 32.6 Å². The highest BCUT2D eigenvalue weighted by molar-refractivity contribution is 5.31. The van der Waals surface area contributed by atoms with Gasteiger partial charge in [0.15, 0.2) is 0 Å². The maximum atomic E-state index is 5.69. The van der Waals surface area contributed by atoms with Crippen LogP contribution in [-0.2, 0) is 6.42 Å². The topological polar surface area (TPSA) is 64.0 Å². The molecule has 1 aliphatic heterocycles. The molecule has 2 aromatic heterocycles. The number of anilines is 1. The molecule has 3 heterocycles. The second-order valence-corrected chi connectivity index (χ2v) is 5.43. The van der Waals surface area contributed by atoms with Gasteiger partial charge in [0.05, 0.1) is 6.61 Å². The fourth-order valence-electron chi connectivity index (χ4n) is 2.54. The Labute approximate surface area is 130 Å². The van der Waals surface area contributed by atoms with Gasteiger partial charge in [0.1, 0.15) is 5.82 Å². The number of aryl methyl sites for hydroxylation is 1.